The summed E-state index contributed by atoms with van der Waals surface area (Å²) in [5.74, 6) is 0. The second kappa shape index (κ2) is 10.5. The van der Waals surface area contributed by atoms with Gasteiger partial charge in [0.05, 0.1) is 32.7 Å². The molecule has 0 fully saturated rings. The first-order valence-corrected chi connectivity index (χ1v) is 8.89. The summed E-state index contributed by atoms with van der Waals surface area (Å²) in [6, 6.07) is 0. The third-order valence-electron chi connectivity index (χ3n) is 2.34. The van der Waals surface area contributed by atoms with Crippen LogP contribution < -0.4 is 24.0 Å². The Bertz CT molecular complexity index is 253. The van der Waals surface area contributed by atoms with Gasteiger partial charge in [-0.2, -0.15) is 11.8 Å². The summed E-state index contributed by atoms with van der Waals surface area (Å²) in [5.41, 5.74) is 0. The van der Waals surface area contributed by atoms with Gasteiger partial charge < -0.3 is 37.3 Å². The van der Waals surface area contributed by atoms with E-state index in [9.17, 15) is 0 Å². The molecule has 0 aromatic carbocycles. The molecule has 19 heavy (non-hydrogen) atoms. The van der Waals surface area contributed by atoms with Gasteiger partial charge in [0.2, 0.25) is 0 Å². The first kappa shape index (κ1) is 22.1. The molecule has 0 bridgehead atoms. The molecule has 0 spiro atoms. The first-order valence-electron chi connectivity index (χ1n) is 5.91. The molecule has 0 aromatic rings. The normalized spacial score (nSPS) is 14.5. The molecule has 0 aromatic heterocycles. The van der Waals surface area contributed by atoms with E-state index in [1.165, 1.54) is 0 Å². The monoisotopic (exact) mass is 422 g/mol. The number of rotatable bonds is 9. The highest BCUT2D eigenvalue weighted by Gasteiger charge is 2.38. The fourth-order valence-corrected chi connectivity index (χ4v) is 5.27. The van der Waals surface area contributed by atoms with Crippen LogP contribution in [0.1, 0.15) is 13.3 Å². The molecule has 5 nitrogen and oxygen atoms in total. The van der Waals surface area contributed by atoms with E-state index in [4.69, 9.17) is 13.3 Å². The molecule has 1 atom stereocenters. The fraction of sp³-hybridized carbons (Fsp3) is 0.909. The van der Waals surface area contributed by atoms with Crippen LogP contribution in [0, 0.1) is 0 Å². The summed E-state index contributed by atoms with van der Waals surface area (Å²) in [5, 5.41) is 5.64. The van der Waals surface area contributed by atoms with Gasteiger partial charge in [-0.1, -0.05) is 12.0 Å². The predicted molar refractivity (Wildman–Crippen MR) is 79.8 cm³/mol. The Morgan fingerprint density at radius 3 is 2.00 bits per heavy atom. The maximum atomic E-state index is 5.38. The lowest BCUT2D eigenvalue weighted by Gasteiger charge is -2.25. The lowest BCUT2D eigenvalue weighted by molar-refractivity contribution is -0.876. The van der Waals surface area contributed by atoms with E-state index >= 15 is 0 Å². The van der Waals surface area contributed by atoms with Crippen LogP contribution in [0.4, 0.5) is 0 Å². The van der Waals surface area contributed by atoms with Crippen LogP contribution in [0.15, 0.2) is 5.10 Å². The number of hydrogen-bond donors (Lipinski definition) is 0. The molecule has 0 heterocycles. The quantitative estimate of drug-likeness (QED) is 0.151. The summed E-state index contributed by atoms with van der Waals surface area (Å²) in [6.07, 6.45) is 2.91. The summed E-state index contributed by atoms with van der Waals surface area (Å²) in [6.45, 7) is 2.17. The molecule has 1 unspecified atom stereocenters. The van der Waals surface area contributed by atoms with Gasteiger partial charge in [-0.25, -0.2) is 4.59 Å². The maximum Gasteiger partial charge on any atom is 0.510 e. The Morgan fingerprint density at radius 2 is 1.63 bits per heavy atom. The molecule has 0 rings (SSSR count). The SMILES string of the molecule is CO[Si](CSC(C)CC=N[N+](C)(C)C)(OC)OC.[I-]. The molecular formula is C11H27IN2O3SSi. The van der Waals surface area contributed by atoms with Gasteiger partial charge in [-0.3, -0.25) is 0 Å². The number of quaternary nitrogens is 1. The molecule has 0 aliphatic rings. The van der Waals surface area contributed by atoms with Crippen molar-refractivity contribution in [1.29, 1.82) is 0 Å². The molecule has 0 amide bonds. The van der Waals surface area contributed by atoms with Crippen LogP contribution >= 0.6 is 11.8 Å². The lowest BCUT2D eigenvalue weighted by Crippen LogP contribution is -3.00. The molecule has 116 valence electrons. The standard InChI is InChI=1S/C11H27N2O3SSi.HI/c1-11(8-9-12-13(2,3)4)17-10-18(14-5,15-6)16-7;/h9,11H,8,10H2,1-7H3;1H/q+1;/p-1. The zero-order valence-electron chi connectivity index (χ0n) is 13.0. The van der Waals surface area contributed by atoms with Crippen molar-refractivity contribution < 1.29 is 41.8 Å². The van der Waals surface area contributed by atoms with Gasteiger partial charge >= 0.3 is 8.80 Å². The zero-order chi connectivity index (χ0) is 14.2. The second-order valence-corrected chi connectivity index (χ2v) is 9.78. The Kier molecular flexibility index (Phi) is 12.2. The summed E-state index contributed by atoms with van der Waals surface area (Å²) >= 11 is 1.80. The van der Waals surface area contributed by atoms with Crippen LogP contribution in [0.3, 0.4) is 0 Å². The van der Waals surface area contributed by atoms with E-state index in [0.29, 0.717) is 9.84 Å². The number of thioether (sulfide) groups is 1. The van der Waals surface area contributed by atoms with Crippen LogP contribution in [-0.4, -0.2) is 72.7 Å². The van der Waals surface area contributed by atoms with E-state index in [1.54, 1.807) is 33.1 Å². The van der Waals surface area contributed by atoms with Crippen LogP contribution in [-0.2, 0) is 13.3 Å². The van der Waals surface area contributed by atoms with Gasteiger partial charge in [-0.15, -0.1) is 0 Å². The highest BCUT2D eigenvalue weighted by atomic mass is 127. The minimum absolute atomic E-state index is 0. The molecule has 0 saturated carbocycles. The number of halogens is 1. The summed E-state index contributed by atoms with van der Waals surface area (Å²) in [7, 11) is 8.59. The van der Waals surface area contributed by atoms with Crippen molar-refractivity contribution in [2.75, 3.05) is 47.8 Å². The average molecular weight is 422 g/mol. The highest BCUT2D eigenvalue weighted by Crippen LogP contribution is 2.20. The maximum absolute atomic E-state index is 5.38. The smallest absolute Gasteiger partial charge is 0.510 e. The topological polar surface area (TPSA) is 40.0 Å². The van der Waals surface area contributed by atoms with E-state index in [-0.39, 0.29) is 24.0 Å². The number of nitrogens with zero attached hydrogens (tertiary/aromatic N) is 2. The molecule has 0 aliphatic carbocycles. The van der Waals surface area contributed by atoms with Crippen molar-refractivity contribution in [2.45, 2.75) is 18.6 Å². The van der Waals surface area contributed by atoms with Gasteiger partial charge in [0.1, 0.15) is 0 Å². The molecule has 0 N–H and O–H groups in total. The zero-order valence-corrected chi connectivity index (χ0v) is 16.9. The molecule has 0 aliphatic heterocycles. The van der Waals surface area contributed by atoms with Gasteiger partial charge in [0.15, 0.2) is 0 Å². The molecule has 0 radical (unpaired) electrons. The average Bonchev–Trinajstić information content (AvgIpc) is 2.30. The van der Waals surface area contributed by atoms with Crippen LogP contribution in [0.5, 0.6) is 0 Å². The van der Waals surface area contributed by atoms with Crippen molar-refractivity contribution in [3.63, 3.8) is 0 Å². The summed E-state index contributed by atoms with van der Waals surface area (Å²) < 4.78 is 16.7. The van der Waals surface area contributed by atoms with Gasteiger partial charge in [0.25, 0.3) is 0 Å². The molecule has 8 heteroatoms. The first-order chi connectivity index (χ1) is 8.28. The number of hydrogen-bond acceptors (Lipinski definition) is 5. The predicted octanol–water partition coefficient (Wildman–Crippen LogP) is -1.39. The van der Waals surface area contributed by atoms with Crippen molar-refractivity contribution >= 4 is 26.8 Å². The third-order valence-corrected chi connectivity index (χ3v) is 7.05. The lowest BCUT2D eigenvalue weighted by atomic mass is 10.4. The van der Waals surface area contributed by atoms with Crippen molar-refractivity contribution in [2.24, 2.45) is 5.10 Å². The highest BCUT2D eigenvalue weighted by molar-refractivity contribution is 8.01. The largest absolute Gasteiger partial charge is 1.00 e. The Morgan fingerprint density at radius 1 is 1.16 bits per heavy atom. The Balaban J connectivity index is 0. The van der Waals surface area contributed by atoms with Crippen molar-refractivity contribution in [1.82, 2.24) is 0 Å². The third kappa shape index (κ3) is 10.2. The van der Waals surface area contributed by atoms with E-state index < -0.39 is 8.80 Å². The van der Waals surface area contributed by atoms with Crippen LogP contribution in [0.2, 0.25) is 0 Å². The van der Waals surface area contributed by atoms with Crippen molar-refractivity contribution in [3.8, 4) is 0 Å². The minimum atomic E-state index is -2.44. The van der Waals surface area contributed by atoms with E-state index in [0.717, 1.165) is 11.8 Å². The van der Waals surface area contributed by atoms with Gasteiger partial charge in [-0.05, 0) is 6.42 Å². The second-order valence-electron chi connectivity index (χ2n) is 4.89. The van der Waals surface area contributed by atoms with Crippen LogP contribution in [0.25, 0.3) is 0 Å². The summed E-state index contributed by atoms with van der Waals surface area (Å²) in [4.78, 5) is 0. The Labute approximate surface area is 140 Å². The van der Waals surface area contributed by atoms with E-state index in [1.807, 2.05) is 27.4 Å². The fourth-order valence-electron chi connectivity index (χ4n) is 1.18. The molecular weight excluding hydrogens is 395 g/mol. The van der Waals surface area contributed by atoms with E-state index in [2.05, 4.69) is 12.0 Å². The minimum Gasteiger partial charge on any atom is -1.00 e. The van der Waals surface area contributed by atoms with Crippen molar-refractivity contribution in [3.05, 3.63) is 0 Å². The Hall–Kier alpha value is 0.807. The van der Waals surface area contributed by atoms with Gasteiger partial charge in [0, 0.05) is 26.6 Å². The molecule has 0 saturated heterocycles.